The number of rotatable bonds is 6. The molecular weight excluding hydrogens is 338 g/mol. The highest BCUT2D eigenvalue weighted by Gasteiger charge is 2.40. The van der Waals surface area contributed by atoms with E-state index in [1.807, 2.05) is 37.2 Å². The summed E-state index contributed by atoms with van der Waals surface area (Å²) in [6.07, 6.45) is 3.49. The number of likely N-dealkylation sites (tertiary alicyclic amines) is 1. The van der Waals surface area contributed by atoms with Gasteiger partial charge in [0.15, 0.2) is 0 Å². The summed E-state index contributed by atoms with van der Waals surface area (Å²) >= 11 is 0. The molecule has 0 saturated carbocycles. The molecule has 146 valence electrons. The molecule has 6 nitrogen and oxygen atoms in total. The van der Waals surface area contributed by atoms with Crippen molar-refractivity contribution in [2.24, 2.45) is 0 Å². The number of carbonyl (C=O) groups is 1. The monoisotopic (exact) mass is 369 g/mol. The van der Waals surface area contributed by atoms with Crippen LogP contribution >= 0.6 is 0 Å². The van der Waals surface area contributed by atoms with Crippen molar-refractivity contribution in [1.82, 2.24) is 20.1 Å². The van der Waals surface area contributed by atoms with Gasteiger partial charge >= 0.3 is 0 Å². The van der Waals surface area contributed by atoms with Gasteiger partial charge in [0.1, 0.15) is 5.82 Å². The minimum atomic E-state index is -0.418. The number of anilines is 1. The minimum Gasteiger partial charge on any atom is -0.346 e. The molecule has 1 aliphatic heterocycles. The summed E-state index contributed by atoms with van der Waals surface area (Å²) in [4.78, 5) is 22.0. The second-order valence-electron chi connectivity index (χ2n) is 7.64. The van der Waals surface area contributed by atoms with Crippen LogP contribution in [0.1, 0.15) is 56.8 Å². The number of hydrogen-bond donors (Lipinski definition) is 1. The summed E-state index contributed by atoms with van der Waals surface area (Å²) in [5.74, 6) is 2.25. The van der Waals surface area contributed by atoms with Crippen LogP contribution in [0.25, 0.3) is 0 Å². The lowest BCUT2D eigenvalue weighted by Gasteiger charge is -2.39. The molecule has 1 aliphatic rings. The molecule has 2 aromatic rings. The summed E-state index contributed by atoms with van der Waals surface area (Å²) in [5.41, 5.74) is 0.714. The van der Waals surface area contributed by atoms with E-state index in [4.69, 9.17) is 0 Å². The number of amides is 1. The second kappa shape index (κ2) is 8.11. The van der Waals surface area contributed by atoms with Crippen LogP contribution in [0, 0.1) is 0 Å². The molecule has 27 heavy (non-hydrogen) atoms. The number of nitrogens with one attached hydrogen (secondary N) is 1. The molecule has 3 rings (SSSR count). The Morgan fingerprint density at radius 3 is 2.33 bits per heavy atom. The van der Waals surface area contributed by atoms with Crippen molar-refractivity contribution in [3.63, 3.8) is 0 Å². The maximum atomic E-state index is 13.5. The molecule has 6 heteroatoms. The van der Waals surface area contributed by atoms with Crippen molar-refractivity contribution in [3.05, 3.63) is 41.7 Å². The zero-order valence-corrected chi connectivity index (χ0v) is 16.9. The van der Waals surface area contributed by atoms with Crippen molar-refractivity contribution in [3.8, 4) is 0 Å². The van der Waals surface area contributed by atoms with E-state index in [0.717, 1.165) is 50.2 Å². The Morgan fingerprint density at radius 1 is 1.19 bits per heavy atom. The molecule has 0 aliphatic carbocycles. The SMILES string of the molecule is CCC(CC)(C(=O)N1CCC(c2nc(N(C)C)n[nH]2)CC1)c1ccccc1. The van der Waals surface area contributed by atoms with Gasteiger partial charge in [0.25, 0.3) is 0 Å². The number of aromatic amines is 1. The van der Waals surface area contributed by atoms with Gasteiger partial charge in [0, 0.05) is 33.1 Å². The predicted molar refractivity (Wildman–Crippen MR) is 108 cm³/mol. The number of piperidine rings is 1. The largest absolute Gasteiger partial charge is 0.346 e. The fourth-order valence-electron chi connectivity index (χ4n) is 4.15. The van der Waals surface area contributed by atoms with Gasteiger partial charge in [0.05, 0.1) is 5.41 Å². The van der Waals surface area contributed by atoms with E-state index in [1.54, 1.807) is 0 Å². The quantitative estimate of drug-likeness (QED) is 0.848. The summed E-state index contributed by atoms with van der Waals surface area (Å²) in [6, 6.07) is 10.3. The topological polar surface area (TPSA) is 65.1 Å². The maximum absolute atomic E-state index is 13.5. The predicted octanol–water partition coefficient (Wildman–Crippen LogP) is 3.33. The van der Waals surface area contributed by atoms with Crippen LogP contribution in [0.4, 0.5) is 5.95 Å². The number of carbonyl (C=O) groups excluding carboxylic acids is 1. The van der Waals surface area contributed by atoms with Gasteiger partial charge in [0.2, 0.25) is 11.9 Å². The van der Waals surface area contributed by atoms with Crippen molar-refractivity contribution in [1.29, 1.82) is 0 Å². The molecule has 1 fully saturated rings. The first-order chi connectivity index (χ1) is 13.0. The van der Waals surface area contributed by atoms with Crippen LogP contribution < -0.4 is 4.90 Å². The average Bonchev–Trinajstić information content (AvgIpc) is 3.21. The van der Waals surface area contributed by atoms with E-state index >= 15 is 0 Å². The fourth-order valence-corrected chi connectivity index (χ4v) is 4.15. The van der Waals surface area contributed by atoms with Gasteiger partial charge in [-0.2, -0.15) is 4.98 Å². The van der Waals surface area contributed by atoms with Crippen molar-refractivity contribution in [2.75, 3.05) is 32.1 Å². The summed E-state index contributed by atoms with van der Waals surface area (Å²) in [5, 5.41) is 7.33. The van der Waals surface area contributed by atoms with Crippen molar-refractivity contribution in [2.45, 2.75) is 50.9 Å². The van der Waals surface area contributed by atoms with E-state index in [1.165, 1.54) is 0 Å². The van der Waals surface area contributed by atoms with Gasteiger partial charge in [-0.15, -0.1) is 5.10 Å². The Morgan fingerprint density at radius 2 is 1.81 bits per heavy atom. The van der Waals surface area contributed by atoms with Crippen LogP contribution in [0.3, 0.4) is 0 Å². The molecule has 2 heterocycles. The molecule has 0 atom stereocenters. The van der Waals surface area contributed by atoms with E-state index in [2.05, 4.69) is 46.1 Å². The summed E-state index contributed by atoms with van der Waals surface area (Å²) in [6.45, 7) is 5.79. The zero-order chi connectivity index (χ0) is 19.4. The van der Waals surface area contributed by atoms with Crippen molar-refractivity contribution < 1.29 is 4.79 Å². The van der Waals surface area contributed by atoms with E-state index in [0.29, 0.717) is 11.9 Å². The van der Waals surface area contributed by atoms with Crippen molar-refractivity contribution >= 4 is 11.9 Å². The Balaban J connectivity index is 1.71. The lowest BCUT2D eigenvalue weighted by Crippen LogP contribution is -2.49. The highest BCUT2D eigenvalue weighted by Crippen LogP contribution is 2.36. The van der Waals surface area contributed by atoms with E-state index < -0.39 is 5.41 Å². The fraction of sp³-hybridized carbons (Fsp3) is 0.571. The number of nitrogens with zero attached hydrogens (tertiary/aromatic N) is 4. The summed E-state index contributed by atoms with van der Waals surface area (Å²) in [7, 11) is 3.87. The van der Waals surface area contributed by atoms with Crippen LogP contribution in [0.15, 0.2) is 30.3 Å². The lowest BCUT2D eigenvalue weighted by molar-refractivity contribution is -0.139. The van der Waals surface area contributed by atoms with Gasteiger partial charge in [-0.05, 0) is 31.2 Å². The highest BCUT2D eigenvalue weighted by atomic mass is 16.2. The molecule has 0 bridgehead atoms. The molecule has 1 aromatic heterocycles. The number of aromatic nitrogens is 3. The average molecular weight is 370 g/mol. The third kappa shape index (κ3) is 3.70. The third-order valence-electron chi connectivity index (χ3n) is 6.00. The van der Waals surface area contributed by atoms with Crippen LogP contribution in [-0.4, -0.2) is 53.2 Å². The molecule has 0 unspecified atom stereocenters. The smallest absolute Gasteiger partial charge is 0.244 e. The van der Waals surface area contributed by atoms with Gasteiger partial charge in [-0.25, -0.2) is 0 Å². The lowest BCUT2D eigenvalue weighted by atomic mass is 9.74. The van der Waals surface area contributed by atoms with Gasteiger partial charge in [-0.3, -0.25) is 9.89 Å². The van der Waals surface area contributed by atoms with Gasteiger partial charge < -0.3 is 9.80 Å². The number of H-pyrrole nitrogens is 1. The first-order valence-corrected chi connectivity index (χ1v) is 9.96. The molecule has 0 radical (unpaired) electrons. The molecule has 1 aromatic carbocycles. The standard InChI is InChI=1S/C21H31N5O/c1-5-21(6-2,17-10-8-7-9-11-17)19(27)26-14-12-16(13-15-26)18-22-20(24-23-18)25(3)4/h7-11,16H,5-6,12-15H2,1-4H3,(H,22,23,24). The van der Waals surface area contributed by atoms with Crippen LogP contribution in [0.2, 0.25) is 0 Å². The molecule has 1 amide bonds. The summed E-state index contributed by atoms with van der Waals surface area (Å²) < 4.78 is 0. The second-order valence-corrected chi connectivity index (χ2v) is 7.64. The zero-order valence-electron chi connectivity index (χ0n) is 16.9. The molecule has 1 N–H and O–H groups in total. The Labute approximate surface area is 162 Å². The Kier molecular flexibility index (Phi) is 5.82. The molecule has 1 saturated heterocycles. The highest BCUT2D eigenvalue weighted by molar-refractivity contribution is 5.88. The van der Waals surface area contributed by atoms with E-state index in [-0.39, 0.29) is 5.91 Å². The molecule has 0 spiro atoms. The number of hydrogen-bond acceptors (Lipinski definition) is 4. The number of benzene rings is 1. The van der Waals surface area contributed by atoms with Crippen LogP contribution in [0.5, 0.6) is 0 Å². The third-order valence-corrected chi connectivity index (χ3v) is 6.00. The van der Waals surface area contributed by atoms with Crippen LogP contribution in [-0.2, 0) is 10.2 Å². The maximum Gasteiger partial charge on any atom is 0.244 e. The molecular formula is C21H31N5O. The van der Waals surface area contributed by atoms with Gasteiger partial charge in [-0.1, -0.05) is 44.2 Å². The first-order valence-electron chi connectivity index (χ1n) is 9.96. The normalized spacial score (nSPS) is 15.8. The Hall–Kier alpha value is -2.37. The minimum absolute atomic E-state index is 0.267. The first kappa shape index (κ1) is 19.4. The Bertz CT molecular complexity index is 743. The van der Waals surface area contributed by atoms with E-state index in [9.17, 15) is 4.79 Å².